The quantitative estimate of drug-likeness (QED) is 0.497. The maximum atomic E-state index is 13.0. The summed E-state index contributed by atoms with van der Waals surface area (Å²) in [5, 5.41) is -0.173. The van der Waals surface area contributed by atoms with Crippen molar-refractivity contribution in [2.75, 3.05) is 5.75 Å². The van der Waals surface area contributed by atoms with E-state index in [4.69, 9.17) is 0 Å². The fraction of sp³-hybridized carbons (Fsp3) is 0.900. The van der Waals surface area contributed by atoms with Crippen molar-refractivity contribution in [3.63, 3.8) is 0 Å². The Bertz CT molecular complexity index is 261. The van der Waals surface area contributed by atoms with Gasteiger partial charge in [0.25, 0.3) is 6.43 Å². The van der Waals surface area contributed by atoms with E-state index in [1.165, 1.54) is 0 Å². The van der Waals surface area contributed by atoms with Gasteiger partial charge < -0.3 is 0 Å². The minimum Gasteiger partial charge on any atom is -0.287 e. The summed E-state index contributed by atoms with van der Waals surface area (Å²) in [7, 11) is 0. The van der Waals surface area contributed by atoms with E-state index in [0.717, 1.165) is 11.8 Å². The van der Waals surface area contributed by atoms with Crippen molar-refractivity contribution in [1.82, 2.24) is 0 Å². The second-order valence-corrected chi connectivity index (χ2v) is 4.75. The van der Waals surface area contributed by atoms with E-state index in [2.05, 4.69) is 0 Å². The summed E-state index contributed by atoms with van der Waals surface area (Å²) >= 11 is 0.851. The highest BCUT2D eigenvalue weighted by molar-refractivity contribution is 8.13. The first-order chi connectivity index (χ1) is 8.23. The zero-order valence-corrected chi connectivity index (χ0v) is 10.5. The Morgan fingerprint density at radius 3 is 2.22 bits per heavy atom. The van der Waals surface area contributed by atoms with Crippen molar-refractivity contribution < 1.29 is 31.1 Å². The van der Waals surface area contributed by atoms with Crippen LogP contribution in [0.4, 0.5) is 26.3 Å². The molecule has 108 valence electrons. The zero-order valence-electron chi connectivity index (χ0n) is 9.64. The van der Waals surface area contributed by atoms with Gasteiger partial charge in [-0.15, -0.1) is 0 Å². The van der Waals surface area contributed by atoms with Crippen LogP contribution in [0.5, 0.6) is 0 Å². The number of carbonyl (C=O) groups is 1. The average molecular weight is 296 g/mol. The molecule has 0 bridgehead atoms. The van der Waals surface area contributed by atoms with Crippen LogP contribution < -0.4 is 0 Å². The maximum absolute atomic E-state index is 13.0. The van der Waals surface area contributed by atoms with Crippen molar-refractivity contribution >= 4 is 16.9 Å². The van der Waals surface area contributed by atoms with Crippen molar-refractivity contribution in [3.8, 4) is 0 Å². The van der Waals surface area contributed by atoms with Crippen LogP contribution in [0, 0.1) is 0 Å². The molecule has 0 N–H and O–H groups in total. The molecular weight excluding hydrogens is 282 g/mol. The second-order valence-electron chi connectivity index (χ2n) is 3.59. The highest BCUT2D eigenvalue weighted by Crippen LogP contribution is 2.34. The number of hydrogen-bond acceptors (Lipinski definition) is 2. The molecule has 0 heterocycles. The van der Waals surface area contributed by atoms with Crippen molar-refractivity contribution in [2.24, 2.45) is 0 Å². The number of hydrogen-bond donors (Lipinski definition) is 0. The predicted molar refractivity (Wildman–Crippen MR) is 57.7 cm³/mol. The number of rotatable bonds is 8. The molecule has 2 unspecified atom stereocenters. The maximum Gasteiger partial charge on any atom is 0.314 e. The molecule has 8 heteroatoms. The lowest BCUT2D eigenvalue weighted by Gasteiger charge is -2.23. The molecule has 0 aliphatic rings. The van der Waals surface area contributed by atoms with Gasteiger partial charge >= 0.3 is 5.92 Å². The van der Waals surface area contributed by atoms with Gasteiger partial charge in [0, 0.05) is 12.2 Å². The molecule has 1 nitrogen and oxygen atoms in total. The molecule has 0 aliphatic heterocycles. The lowest BCUT2D eigenvalue weighted by Crippen LogP contribution is -2.43. The summed E-state index contributed by atoms with van der Waals surface area (Å²) < 4.78 is 74.6. The molecule has 0 aromatic rings. The van der Waals surface area contributed by atoms with E-state index in [9.17, 15) is 31.1 Å². The SMILES string of the molecule is CCC(=O)SCCCC(F)C(F)(F)C(F)C(F)F. The van der Waals surface area contributed by atoms with Crippen LogP contribution in [0.1, 0.15) is 26.2 Å². The highest BCUT2D eigenvalue weighted by Gasteiger charge is 2.52. The number of alkyl halides is 6. The Kier molecular flexibility index (Phi) is 7.73. The Balaban J connectivity index is 4.07. The number of halogens is 6. The lowest BCUT2D eigenvalue weighted by molar-refractivity contribution is -0.167. The van der Waals surface area contributed by atoms with Crippen LogP contribution in [0.2, 0.25) is 0 Å². The van der Waals surface area contributed by atoms with Crippen LogP contribution >= 0.6 is 11.8 Å². The summed E-state index contributed by atoms with van der Waals surface area (Å²) in [6.45, 7) is 1.61. The van der Waals surface area contributed by atoms with E-state index in [1.807, 2.05) is 0 Å². The summed E-state index contributed by atoms with van der Waals surface area (Å²) in [6, 6.07) is 0. The first-order valence-electron chi connectivity index (χ1n) is 5.33. The predicted octanol–water partition coefficient (Wildman–Crippen LogP) is 4.01. The molecule has 18 heavy (non-hydrogen) atoms. The molecule has 0 aromatic heterocycles. The molecule has 0 saturated carbocycles. The van der Waals surface area contributed by atoms with E-state index in [0.29, 0.717) is 0 Å². The average Bonchev–Trinajstić information content (AvgIpc) is 2.32. The van der Waals surface area contributed by atoms with Gasteiger partial charge in [-0.2, -0.15) is 8.78 Å². The van der Waals surface area contributed by atoms with E-state index < -0.39 is 31.1 Å². The summed E-state index contributed by atoms with van der Waals surface area (Å²) in [5.74, 6) is -4.59. The molecule has 0 rings (SSSR count). The zero-order chi connectivity index (χ0) is 14.3. The van der Waals surface area contributed by atoms with Crippen LogP contribution in [-0.4, -0.2) is 35.6 Å². The third-order valence-corrected chi connectivity index (χ3v) is 3.26. The van der Waals surface area contributed by atoms with E-state index in [-0.39, 0.29) is 23.7 Å². The van der Waals surface area contributed by atoms with Gasteiger partial charge in [-0.25, -0.2) is 17.6 Å². The highest BCUT2D eigenvalue weighted by atomic mass is 32.2. The first kappa shape index (κ1) is 17.6. The van der Waals surface area contributed by atoms with Gasteiger partial charge in [0.2, 0.25) is 6.17 Å². The van der Waals surface area contributed by atoms with Crippen LogP contribution in [0.25, 0.3) is 0 Å². The molecular formula is C10H14F6OS. The van der Waals surface area contributed by atoms with Crippen LogP contribution in [0.3, 0.4) is 0 Å². The van der Waals surface area contributed by atoms with Gasteiger partial charge in [-0.3, -0.25) is 4.79 Å². The van der Waals surface area contributed by atoms with Crippen LogP contribution in [0.15, 0.2) is 0 Å². The monoisotopic (exact) mass is 296 g/mol. The van der Waals surface area contributed by atoms with Gasteiger partial charge in [0.1, 0.15) is 0 Å². The van der Waals surface area contributed by atoms with E-state index in [1.54, 1.807) is 6.92 Å². The summed E-state index contributed by atoms with van der Waals surface area (Å²) in [5.41, 5.74) is 0. The van der Waals surface area contributed by atoms with Gasteiger partial charge in [-0.1, -0.05) is 18.7 Å². The molecule has 0 saturated heterocycles. The Morgan fingerprint density at radius 2 is 1.78 bits per heavy atom. The van der Waals surface area contributed by atoms with E-state index >= 15 is 0 Å². The Morgan fingerprint density at radius 1 is 1.22 bits per heavy atom. The van der Waals surface area contributed by atoms with Crippen molar-refractivity contribution in [3.05, 3.63) is 0 Å². The van der Waals surface area contributed by atoms with Crippen molar-refractivity contribution in [1.29, 1.82) is 0 Å². The Labute approximate surface area is 105 Å². The Hall–Kier alpha value is -0.400. The number of carbonyl (C=O) groups excluding carboxylic acids is 1. The largest absolute Gasteiger partial charge is 0.314 e. The molecule has 0 spiro atoms. The van der Waals surface area contributed by atoms with Gasteiger partial charge in [0.05, 0.1) is 0 Å². The number of thioether (sulfide) groups is 1. The molecule has 0 aromatic carbocycles. The van der Waals surface area contributed by atoms with Gasteiger partial charge in [0.15, 0.2) is 11.3 Å². The lowest BCUT2D eigenvalue weighted by atomic mass is 10.1. The molecule has 2 atom stereocenters. The standard InChI is InChI=1S/C10H14F6OS/c1-2-7(17)18-5-3-4-6(11)10(15,16)8(12)9(13)14/h6,8-9H,2-5H2,1H3. The third-order valence-electron chi connectivity index (χ3n) is 2.16. The summed E-state index contributed by atoms with van der Waals surface area (Å²) in [4.78, 5) is 10.8. The molecule has 0 aliphatic carbocycles. The fourth-order valence-electron chi connectivity index (χ4n) is 1.08. The molecule has 0 amide bonds. The first-order valence-corrected chi connectivity index (χ1v) is 6.31. The molecule has 0 fully saturated rings. The second kappa shape index (κ2) is 7.91. The minimum absolute atomic E-state index is 0.106. The molecule has 0 radical (unpaired) electrons. The topological polar surface area (TPSA) is 17.1 Å². The fourth-order valence-corrected chi connectivity index (χ4v) is 1.83. The normalized spacial score (nSPS) is 15.8. The van der Waals surface area contributed by atoms with Crippen molar-refractivity contribution in [2.45, 2.75) is 50.9 Å². The smallest absolute Gasteiger partial charge is 0.287 e. The summed E-state index contributed by atoms with van der Waals surface area (Å²) in [6.07, 6.45) is -11.3. The minimum atomic E-state index is -4.70. The van der Waals surface area contributed by atoms with Gasteiger partial charge in [-0.05, 0) is 12.8 Å². The van der Waals surface area contributed by atoms with Crippen LogP contribution in [-0.2, 0) is 4.79 Å². The third kappa shape index (κ3) is 5.49.